The molecule has 0 bridgehead atoms. The molecule has 0 radical (unpaired) electrons. The highest BCUT2D eigenvalue weighted by Crippen LogP contribution is 2.70. The minimum Gasteiger partial charge on any atom is -0.383 e. The molecule has 46 heavy (non-hydrogen) atoms. The Labute approximate surface area is 268 Å². The summed E-state index contributed by atoms with van der Waals surface area (Å²) in [6.07, 6.45) is -0.947. The second-order valence-corrected chi connectivity index (χ2v) is 15.0. The Morgan fingerprint density at radius 2 is 1.54 bits per heavy atom. The maximum absolute atomic E-state index is 15.4. The largest absolute Gasteiger partial charge is 0.383 e. The van der Waals surface area contributed by atoms with Crippen LogP contribution in [0.25, 0.3) is 11.1 Å². The van der Waals surface area contributed by atoms with Crippen molar-refractivity contribution in [2.24, 2.45) is 34.8 Å². The van der Waals surface area contributed by atoms with Gasteiger partial charge in [-0.05, 0) is 78.5 Å². The molecule has 1 heterocycles. The van der Waals surface area contributed by atoms with Gasteiger partial charge in [0.1, 0.15) is 11.8 Å². The first kappa shape index (κ1) is 32.3. The van der Waals surface area contributed by atoms with Crippen molar-refractivity contribution in [1.82, 2.24) is 0 Å². The predicted octanol–water partition coefficient (Wildman–Crippen LogP) is 7.72. The number of aliphatic hydroxyl groups is 2. The van der Waals surface area contributed by atoms with Crippen LogP contribution in [0.5, 0.6) is 0 Å². The molecule has 0 amide bonds. The number of allylic oxidation sites excluding steroid dienone is 2. The molecule has 1 spiro atoms. The average molecular weight is 644 g/mol. The average Bonchev–Trinajstić information content (AvgIpc) is 3.33. The third kappa shape index (κ3) is 4.90. The lowest BCUT2D eigenvalue weighted by atomic mass is 9.49. The number of nitrogens with two attached hydrogens (primary N) is 1. The Morgan fingerprint density at radius 3 is 2.15 bits per heavy atom. The van der Waals surface area contributed by atoms with E-state index in [1.165, 1.54) is 11.1 Å². The van der Waals surface area contributed by atoms with E-state index in [1.54, 1.807) is 19.1 Å². The van der Waals surface area contributed by atoms with Crippen LogP contribution in [0.15, 0.2) is 59.7 Å². The van der Waals surface area contributed by atoms with Crippen molar-refractivity contribution in [2.45, 2.75) is 101 Å². The second kappa shape index (κ2) is 11.4. The van der Waals surface area contributed by atoms with Gasteiger partial charge in [-0.2, -0.15) is 8.78 Å². The molecule has 1 aliphatic heterocycles. The fourth-order valence-corrected chi connectivity index (χ4v) is 9.98. The number of alkyl halides is 4. The van der Waals surface area contributed by atoms with E-state index in [9.17, 15) is 19.0 Å². The molecule has 4 aliphatic carbocycles. The monoisotopic (exact) mass is 643 g/mol. The van der Waals surface area contributed by atoms with Crippen molar-refractivity contribution in [1.29, 1.82) is 0 Å². The number of rotatable bonds is 5. The molecule has 7 rings (SSSR count). The van der Waals surface area contributed by atoms with E-state index in [2.05, 4.69) is 6.92 Å². The molecule has 4 N–H and O–H groups in total. The Kier molecular flexibility index (Phi) is 8.00. The fourth-order valence-electron chi connectivity index (χ4n) is 9.98. The molecule has 0 aromatic heterocycles. The van der Waals surface area contributed by atoms with Crippen LogP contribution in [0.2, 0.25) is 0 Å². The lowest BCUT2D eigenvalue weighted by molar-refractivity contribution is -0.296. The Bertz CT molecular complexity index is 1470. The van der Waals surface area contributed by atoms with Crippen LogP contribution in [0.4, 0.5) is 17.6 Å². The minimum absolute atomic E-state index is 0.0605. The molecule has 5 nitrogen and oxygen atoms in total. The summed E-state index contributed by atoms with van der Waals surface area (Å²) >= 11 is 0. The zero-order valence-electron chi connectivity index (χ0n) is 26.5. The lowest BCUT2D eigenvalue weighted by Crippen LogP contribution is -2.63. The summed E-state index contributed by atoms with van der Waals surface area (Å²) in [6.45, 7) is 5.10. The summed E-state index contributed by atoms with van der Waals surface area (Å²) in [7, 11) is 0. The van der Waals surface area contributed by atoms with Crippen LogP contribution in [-0.2, 0) is 9.47 Å². The summed E-state index contributed by atoms with van der Waals surface area (Å²) in [6, 6.07) is 15.3. The third-order valence-corrected chi connectivity index (χ3v) is 12.5. The zero-order valence-corrected chi connectivity index (χ0v) is 26.5. The summed E-state index contributed by atoms with van der Waals surface area (Å²) in [5.74, 6) is -5.16. The van der Waals surface area contributed by atoms with E-state index >= 15 is 8.78 Å². The van der Waals surface area contributed by atoms with Gasteiger partial charge >= 0.3 is 12.3 Å². The molecule has 1 saturated heterocycles. The van der Waals surface area contributed by atoms with Gasteiger partial charge in [0.15, 0.2) is 5.79 Å². The van der Waals surface area contributed by atoms with E-state index in [-0.39, 0.29) is 36.5 Å². The van der Waals surface area contributed by atoms with Gasteiger partial charge < -0.3 is 25.4 Å². The van der Waals surface area contributed by atoms with Gasteiger partial charge in [0.05, 0.1) is 13.2 Å². The summed E-state index contributed by atoms with van der Waals surface area (Å²) < 4.78 is 71.2. The molecule has 2 aromatic carbocycles. The van der Waals surface area contributed by atoms with Crippen molar-refractivity contribution >= 4 is 0 Å². The highest BCUT2D eigenvalue weighted by atomic mass is 19.3. The van der Waals surface area contributed by atoms with E-state index in [0.29, 0.717) is 31.1 Å². The Balaban J connectivity index is 1.28. The third-order valence-electron chi connectivity index (χ3n) is 12.5. The molecular weight excluding hydrogens is 598 g/mol. The smallest absolute Gasteiger partial charge is 0.335 e. The minimum atomic E-state index is -4.51. The van der Waals surface area contributed by atoms with Crippen LogP contribution >= 0.6 is 0 Å². The normalized spacial score (nSPS) is 38.4. The maximum atomic E-state index is 15.4. The SMILES string of the molecule is CC1COC2(CCC3=C4C(c5ccc(-c6ccc(C(N)O)cc6)cc5)CC5(C)C(CC[C@@]5(O)C(F)(F)C(F)F)C4CCC3C2)OC1. The van der Waals surface area contributed by atoms with E-state index in [1.807, 2.05) is 36.4 Å². The van der Waals surface area contributed by atoms with E-state index < -0.39 is 35.4 Å². The standard InChI is InChI=1S/C37H45F4NO4/c1-21-19-45-35(46-20-21)15-13-27-26(17-35)11-12-28-30-14-16-36(44,37(40,41)33(38)39)34(30,2)18-29(31(27)28)24-7-3-22(4-8-24)23-5-9-25(10-6-23)32(42)43/h3-10,21,26,28-30,32-33,43-44H,11-20,42H2,1-2H3/t21?,26?,28?,29?,30?,32?,34?,35?,36-/m0/s1. The molecule has 3 saturated carbocycles. The number of fused-ring (bicyclic) bond motifs is 4. The molecule has 9 heteroatoms. The fraction of sp³-hybridized carbons (Fsp3) is 0.622. The van der Waals surface area contributed by atoms with Crippen LogP contribution in [0.3, 0.4) is 0 Å². The van der Waals surface area contributed by atoms with Crippen LogP contribution in [-0.4, -0.2) is 47.2 Å². The molecule has 2 aromatic rings. The van der Waals surface area contributed by atoms with Gasteiger partial charge in [-0.25, -0.2) is 8.78 Å². The van der Waals surface area contributed by atoms with Crippen molar-refractivity contribution in [2.75, 3.05) is 13.2 Å². The molecule has 6 unspecified atom stereocenters. The number of aliphatic hydroxyl groups excluding tert-OH is 1. The summed E-state index contributed by atoms with van der Waals surface area (Å²) in [4.78, 5) is 0. The van der Waals surface area contributed by atoms with Crippen molar-refractivity contribution in [3.8, 4) is 11.1 Å². The van der Waals surface area contributed by atoms with E-state index in [4.69, 9.17) is 15.2 Å². The number of halogens is 4. The predicted molar refractivity (Wildman–Crippen MR) is 166 cm³/mol. The van der Waals surface area contributed by atoms with E-state index in [0.717, 1.165) is 48.8 Å². The van der Waals surface area contributed by atoms with Gasteiger partial charge in [0, 0.05) is 30.1 Å². The molecule has 4 fully saturated rings. The van der Waals surface area contributed by atoms with Crippen LogP contribution in [0, 0.1) is 29.1 Å². The Morgan fingerprint density at radius 1 is 0.913 bits per heavy atom. The van der Waals surface area contributed by atoms with Crippen molar-refractivity contribution < 1.29 is 37.2 Å². The van der Waals surface area contributed by atoms with Crippen molar-refractivity contribution in [3.05, 3.63) is 70.8 Å². The number of benzene rings is 2. The van der Waals surface area contributed by atoms with Gasteiger partial charge in [-0.3, -0.25) is 0 Å². The zero-order chi connectivity index (χ0) is 32.6. The van der Waals surface area contributed by atoms with Crippen LogP contribution < -0.4 is 5.73 Å². The topological polar surface area (TPSA) is 84.9 Å². The van der Waals surface area contributed by atoms with Crippen molar-refractivity contribution in [3.63, 3.8) is 0 Å². The van der Waals surface area contributed by atoms with Gasteiger partial charge in [0.25, 0.3) is 0 Å². The number of ether oxygens (including phenoxy) is 2. The first-order valence-electron chi connectivity index (χ1n) is 16.8. The van der Waals surface area contributed by atoms with Gasteiger partial charge in [-0.15, -0.1) is 0 Å². The molecule has 7 atom stereocenters. The quantitative estimate of drug-likeness (QED) is 0.177. The van der Waals surface area contributed by atoms with Crippen LogP contribution in [0.1, 0.15) is 88.5 Å². The Hall–Kier alpha value is -2.30. The second-order valence-electron chi connectivity index (χ2n) is 15.0. The molecule has 5 aliphatic rings. The maximum Gasteiger partial charge on any atom is 0.335 e. The number of hydrogen-bond acceptors (Lipinski definition) is 5. The van der Waals surface area contributed by atoms with Gasteiger partial charge in [-0.1, -0.05) is 73.5 Å². The highest BCUT2D eigenvalue weighted by Gasteiger charge is 2.74. The summed E-state index contributed by atoms with van der Waals surface area (Å²) in [5, 5.41) is 21.3. The lowest BCUT2D eigenvalue weighted by Gasteiger charge is -2.57. The highest BCUT2D eigenvalue weighted by molar-refractivity contribution is 5.64. The summed E-state index contributed by atoms with van der Waals surface area (Å²) in [5.41, 5.74) is 7.47. The molecular formula is C37H45F4NO4. The first-order valence-corrected chi connectivity index (χ1v) is 16.8. The number of hydrogen-bond donors (Lipinski definition) is 3. The van der Waals surface area contributed by atoms with Gasteiger partial charge in [0.2, 0.25) is 0 Å². The first-order chi connectivity index (χ1) is 21.8. The molecule has 250 valence electrons.